The van der Waals surface area contributed by atoms with E-state index in [9.17, 15) is 13.2 Å². The Hall–Kier alpha value is -1.53. The summed E-state index contributed by atoms with van der Waals surface area (Å²) in [5, 5.41) is 3.09. The number of nitrogen functional groups attached to an aromatic ring is 1. The predicted octanol–water partition coefficient (Wildman–Crippen LogP) is 3.46. The first-order valence-corrected chi connectivity index (χ1v) is 6.67. The minimum absolute atomic E-state index is 0.0242. The lowest BCUT2D eigenvalue weighted by Crippen LogP contribution is -2.39. The molecule has 1 aliphatic carbocycles. The van der Waals surface area contributed by atoms with E-state index in [-0.39, 0.29) is 23.2 Å². The zero-order valence-corrected chi connectivity index (χ0v) is 11.6. The molecular weight excluding hydrogens is 269 g/mol. The molecule has 1 heterocycles. The van der Waals surface area contributed by atoms with Crippen LogP contribution in [0.15, 0.2) is 6.07 Å². The van der Waals surface area contributed by atoms with Crippen molar-refractivity contribution in [3.8, 4) is 0 Å². The van der Waals surface area contributed by atoms with Crippen molar-refractivity contribution in [1.29, 1.82) is 0 Å². The van der Waals surface area contributed by atoms with Gasteiger partial charge in [0, 0.05) is 12.1 Å². The molecule has 1 fully saturated rings. The Bertz CT molecular complexity index is 485. The lowest BCUT2D eigenvalue weighted by molar-refractivity contribution is -0.141. The molecule has 0 spiro atoms. The Morgan fingerprint density at radius 1 is 1.30 bits per heavy atom. The van der Waals surface area contributed by atoms with Crippen molar-refractivity contribution < 1.29 is 13.2 Å². The Morgan fingerprint density at radius 3 is 2.60 bits per heavy atom. The minimum Gasteiger partial charge on any atom is -0.368 e. The summed E-state index contributed by atoms with van der Waals surface area (Å²) in [5.41, 5.74) is 4.38. The van der Waals surface area contributed by atoms with E-state index in [1.807, 2.05) is 0 Å². The van der Waals surface area contributed by atoms with Gasteiger partial charge in [-0.25, -0.2) is 4.98 Å². The molecule has 0 amide bonds. The molecule has 2 rings (SSSR count). The highest BCUT2D eigenvalue weighted by molar-refractivity contribution is 5.42. The molecule has 0 bridgehead atoms. The van der Waals surface area contributed by atoms with Crippen molar-refractivity contribution >= 4 is 11.8 Å². The van der Waals surface area contributed by atoms with E-state index < -0.39 is 11.9 Å². The molecular formula is C13H19F3N4. The highest BCUT2D eigenvalue weighted by Gasteiger charge is 2.35. The molecule has 112 valence electrons. The van der Waals surface area contributed by atoms with Gasteiger partial charge in [0.25, 0.3) is 0 Å². The maximum Gasteiger partial charge on any atom is 0.433 e. The van der Waals surface area contributed by atoms with Gasteiger partial charge in [-0.05, 0) is 18.3 Å². The SMILES string of the molecule is CC1(C)CCCCC1Nc1cc(C(F)(F)F)nc(N)n1. The third kappa shape index (κ3) is 3.32. The summed E-state index contributed by atoms with van der Waals surface area (Å²) < 4.78 is 38.1. The van der Waals surface area contributed by atoms with Crippen molar-refractivity contribution in [3.63, 3.8) is 0 Å². The quantitative estimate of drug-likeness (QED) is 0.874. The van der Waals surface area contributed by atoms with Crippen molar-refractivity contribution in [3.05, 3.63) is 11.8 Å². The van der Waals surface area contributed by atoms with Crippen molar-refractivity contribution in [2.24, 2.45) is 5.41 Å². The van der Waals surface area contributed by atoms with Crippen LogP contribution in [-0.4, -0.2) is 16.0 Å². The topological polar surface area (TPSA) is 63.8 Å². The standard InChI is InChI=1S/C13H19F3N4/c1-12(2)6-4-3-5-8(12)18-10-7-9(13(14,15)16)19-11(17)20-10/h7-8H,3-6H2,1-2H3,(H3,17,18,19,20). The number of hydrogen-bond acceptors (Lipinski definition) is 4. The molecule has 0 aliphatic heterocycles. The van der Waals surface area contributed by atoms with Gasteiger partial charge >= 0.3 is 6.18 Å². The van der Waals surface area contributed by atoms with E-state index in [1.54, 1.807) is 0 Å². The second kappa shape index (κ2) is 5.10. The van der Waals surface area contributed by atoms with Crippen LogP contribution in [-0.2, 0) is 6.18 Å². The van der Waals surface area contributed by atoms with Crippen LogP contribution < -0.4 is 11.1 Å². The number of nitrogens with zero attached hydrogens (tertiary/aromatic N) is 2. The third-order valence-corrected chi connectivity index (χ3v) is 3.86. The van der Waals surface area contributed by atoms with E-state index >= 15 is 0 Å². The van der Waals surface area contributed by atoms with Gasteiger partial charge in [-0.1, -0.05) is 26.7 Å². The van der Waals surface area contributed by atoms with Crippen LogP contribution in [0, 0.1) is 5.41 Å². The summed E-state index contributed by atoms with van der Waals surface area (Å²) in [6, 6.07) is 1.01. The van der Waals surface area contributed by atoms with E-state index in [4.69, 9.17) is 5.73 Å². The Balaban J connectivity index is 2.23. The Labute approximate surface area is 116 Å². The van der Waals surface area contributed by atoms with Crippen LogP contribution in [0.1, 0.15) is 45.2 Å². The molecule has 0 aromatic carbocycles. The van der Waals surface area contributed by atoms with E-state index in [1.165, 1.54) is 0 Å². The van der Waals surface area contributed by atoms with E-state index in [0.717, 1.165) is 31.7 Å². The summed E-state index contributed by atoms with van der Waals surface area (Å²) in [5.74, 6) is -0.222. The molecule has 1 atom stereocenters. The summed E-state index contributed by atoms with van der Waals surface area (Å²) in [7, 11) is 0. The molecule has 0 saturated heterocycles. The van der Waals surface area contributed by atoms with Crippen LogP contribution in [0.3, 0.4) is 0 Å². The monoisotopic (exact) mass is 288 g/mol. The first-order chi connectivity index (χ1) is 9.18. The number of halogens is 3. The maximum atomic E-state index is 12.7. The number of alkyl halides is 3. The van der Waals surface area contributed by atoms with Gasteiger partial charge in [0.1, 0.15) is 5.82 Å². The Kier molecular flexibility index (Phi) is 3.80. The van der Waals surface area contributed by atoms with Gasteiger partial charge in [0.2, 0.25) is 5.95 Å². The normalized spacial score (nSPS) is 22.6. The fraction of sp³-hybridized carbons (Fsp3) is 0.692. The second-order valence-corrected chi connectivity index (χ2v) is 5.93. The minimum atomic E-state index is -4.52. The molecule has 4 nitrogen and oxygen atoms in total. The highest BCUT2D eigenvalue weighted by atomic mass is 19.4. The first kappa shape index (κ1) is 14.9. The van der Waals surface area contributed by atoms with Gasteiger partial charge in [-0.2, -0.15) is 18.2 Å². The van der Waals surface area contributed by atoms with Crippen LogP contribution >= 0.6 is 0 Å². The zero-order valence-electron chi connectivity index (χ0n) is 11.6. The number of hydrogen-bond donors (Lipinski definition) is 2. The highest BCUT2D eigenvalue weighted by Crippen LogP contribution is 2.37. The van der Waals surface area contributed by atoms with Gasteiger partial charge < -0.3 is 11.1 Å². The fourth-order valence-electron chi connectivity index (χ4n) is 2.63. The van der Waals surface area contributed by atoms with Gasteiger partial charge in [0.15, 0.2) is 5.69 Å². The Morgan fingerprint density at radius 2 is 2.00 bits per heavy atom. The summed E-state index contributed by atoms with van der Waals surface area (Å²) in [6.07, 6.45) is -0.357. The van der Waals surface area contributed by atoms with Crippen molar-refractivity contribution in [2.75, 3.05) is 11.1 Å². The van der Waals surface area contributed by atoms with Gasteiger partial charge in [-0.3, -0.25) is 0 Å². The van der Waals surface area contributed by atoms with Gasteiger partial charge in [-0.15, -0.1) is 0 Å². The maximum absolute atomic E-state index is 12.7. The number of aromatic nitrogens is 2. The first-order valence-electron chi connectivity index (χ1n) is 6.67. The molecule has 1 unspecified atom stereocenters. The lowest BCUT2D eigenvalue weighted by atomic mass is 9.73. The van der Waals surface area contributed by atoms with Crippen molar-refractivity contribution in [1.82, 2.24) is 9.97 Å². The molecule has 0 radical (unpaired) electrons. The molecule has 1 saturated carbocycles. The number of anilines is 2. The molecule has 1 aromatic rings. The molecule has 3 N–H and O–H groups in total. The molecule has 7 heteroatoms. The van der Waals surface area contributed by atoms with Crippen LogP contribution in [0.25, 0.3) is 0 Å². The van der Waals surface area contributed by atoms with E-state index in [0.29, 0.717) is 0 Å². The average Bonchev–Trinajstić information content (AvgIpc) is 2.30. The zero-order chi connectivity index (χ0) is 15.0. The average molecular weight is 288 g/mol. The number of nitrogens with two attached hydrogens (primary N) is 1. The van der Waals surface area contributed by atoms with Crippen LogP contribution in [0.2, 0.25) is 0 Å². The largest absolute Gasteiger partial charge is 0.433 e. The second-order valence-electron chi connectivity index (χ2n) is 5.93. The smallest absolute Gasteiger partial charge is 0.368 e. The summed E-state index contributed by atoms with van der Waals surface area (Å²) in [4.78, 5) is 7.10. The van der Waals surface area contributed by atoms with Gasteiger partial charge in [0.05, 0.1) is 0 Å². The third-order valence-electron chi connectivity index (χ3n) is 3.86. The summed E-state index contributed by atoms with van der Waals surface area (Å²) >= 11 is 0. The van der Waals surface area contributed by atoms with Crippen LogP contribution in [0.5, 0.6) is 0 Å². The molecule has 20 heavy (non-hydrogen) atoms. The van der Waals surface area contributed by atoms with E-state index in [2.05, 4.69) is 29.1 Å². The summed E-state index contributed by atoms with van der Waals surface area (Å²) in [6.45, 7) is 4.22. The number of rotatable bonds is 2. The van der Waals surface area contributed by atoms with Crippen LogP contribution in [0.4, 0.5) is 24.9 Å². The lowest BCUT2D eigenvalue weighted by Gasteiger charge is -2.39. The molecule has 1 aliphatic rings. The molecule has 1 aromatic heterocycles. The van der Waals surface area contributed by atoms with Crippen molar-refractivity contribution in [2.45, 2.75) is 51.7 Å². The fourth-order valence-corrected chi connectivity index (χ4v) is 2.63. The predicted molar refractivity (Wildman–Crippen MR) is 71.1 cm³/mol. The number of nitrogens with one attached hydrogen (secondary N) is 1.